The fourth-order valence-electron chi connectivity index (χ4n) is 3.80. The van der Waals surface area contributed by atoms with Crippen molar-refractivity contribution in [2.24, 2.45) is 5.10 Å². The minimum atomic E-state index is -0.985. The van der Waals surface area contributed by atoms with Crippen LogP contribution in [0.15, 0.2) is 85.7 Å². The van der Waals surface area contributed by atoms with Gasteiger partial charge in [0.2, 0.25) is 0 Å². The van der Waals surface area contributed by atoms with E-state index in [0.29, 0.717) is 35.7 Å². The van der Waals surface area contributed by atoms with E-state index in [9.17, 15) is 9.59 Å². The molecule has 0 saturated heterocycles. The van der Waals surface area contributed by atoms with E-state index in [1.54, 1.807) is 30.3 Å². The summed E-state index contributed by atoms with van der Waals surface area (Å²) < 4.78 is 19.2. The molecule has 0 aliphatic rings. The van der Waals surface area contributed by atoms with Crippen LogP contribution in [0.1, 0.15) is 44.5 Å². The van der Waals surface area contributed by atoms with Gasteiger partial charge in [-0.2, -0.15) is 5.10 Å². The average Bonchev–Trinajstić information content (AvgIpc) is 3.33. The Bertz CT molecular complexity index is 1560. The quantitative estimate of drug-likeness (QED) is 0.101. The van der Waals surface area contributed by atoms with Crippen molar-refractivity contribution in [3.8, 4) is 11.5 Å². The van der Waals surface area contributed by atoms with Crippen LogP contribution in [-0.4, -0.2) is 29.8 Å². The lowest BCUT2D eigenvalue weighted by molar-refractivity contribution is 0.0696. The summed E-state index contributed by atoms with van der Waals surface area (Å²) >= 11 is 6.86. The number of nitrogens with zero attached hydrogens (tertiary/aromatic N) is 1. The summed E-state index contributed by atoms with van der Waals surface area (Å²) in [6.45, 7) is 6.33. The van der Waals surface area contributed by atoms with Crippen LogP contribution in [0, 0.1) is 0 Å². The predicted octanol–water partition coefficient (Wildman–Crippen LogP) is 7.13. The second kappa shape index (κ2) is 12.8. The molecule has 200 valence electrons. The minimum absolute atomic E-state index is 0.128. The Balaban J connectivity index is 1.52. The van der Waals surface area contributed by atoms with Gasteiger partial charge in [0.25, 0.3) is 0 Å². The van der Waals surface area contributed by atoms with Crippen LogP contribution >= 0.6 is 31.9 Å². The van der Waals surface area contributed by atoms with Crippen molar-refractivity contribution in [3.63, 3.8) is 0 Å². The van der Waals surface area contributed by atoms with Gasteiger partial charge in [-0.05, 0) is 82.9 Å². The van der Waals surface area contributed by atoms with Gasteiger partial charge in [0.15, 0.2) is 17.3 Å². The van der Waals surface area contributed by atoms with Crippen LogP contribution in [0.2, 0.25) is 0 Å². The Labute approximate surface area is 241 Å². The smallest absolute Gasteiger partial charge is 0.335 e. The topological polar surface area (TPSA) is 110 Å². The summed E-state index contributed by atoms with van der Waals surface area (Å²) in [4.78, 5) is 23.7. The summed E-state index contributed by atoms with van der Waals surface area (Å²) in [6.07, 6.45) is 3.77. The van der Waals surface area contributed by atoms with Crippen molar-refractivity contribution in [2.45, 2.75) is 20.0 Å². The number of ether oxygens (including phenoxy) is 2. The number of aromatic carboxylic acids is 1. The number of hydrogen-bond acceptors (Lipinski definition) is 6. The fourth-order valence-corrected chi connectivity index (χ4v) is 5.14. The maximum Gasteiger partial charge on any atom is 0.335 e. The molecule has 10 heteroatoms. The highest BCUT2D eigenvalue weighted by atomic mass is 79.9. The highest BCUT2D eigenvalue weighted by molar-refractivity contribution is 9.11. The second-order valence-corrected chi connectivity index (χ2v) is 10.1. The lowest BCUT2D eigenvalue weighted by atomic mass is 10.1. The molecule has 3 aromatic carbocycles. The van der Waals surface area contributed by atoms with Crippen molar-refractivity contribution in [2.75, 3.05) is 6.61 Å². The Morgan fingerprint density at radius 3 is 2.56 bits per heavy atom. The Kier molecular flexibility index (Phi) is 9.21. The molecule has 0 radical (unpaired) electrons. The number of carboxylic acid groups (broad SMARTS) is 1. The number of rotatable bonds is 11. The van der Waals surface area contributed by atoms with E-state index in [1.165, 1.54) is 18.3 Å². The number of hydrogen-bond donors (Lipinski definition) is 2. The molecule has 39 heavy (non-hydrogen) atoms. The first kappa shape index (κ1) is 28.1. The molecule has 0 saturated carbocycles. The molecule has 4 aromatic rings. The number of carbonyl (C=O) groups excluding carboxylic acids is 1. The summed E-state index contributed by atoms with van der Waals surface area (Å²) in [5, 5.41) is 14.0. The van der Waals surface area contributed by atoms with Crippen molar-refractivity contribution < 1.29 is 28.6 Å². The van der Waals surface area contributed by atoms with Gasteiger partial charge in [-0.3, -0.25) is 4.79 Å². The van der Waals surface area contributed by atoms with Crippen molar-refractivity contribution in [1.29, 1.82) is 0 Å². The lowest BCUT2D eigenvalue weighted by Gasteiger charge is -2.17. The maximum absolute atomic E-state index is 12.6. The van der Waals surface area contributed by atoms with E-state index >= 15 is 0 Å². The number of hydrazone groups is 1. The van der Waals surface area contributed by atoms with Crippen LogP contribution < -0.4 is 14.9 Å². The van der Waals surface area contributed by atoms with Gasteiger partial charge in [-0.15, -0.1) is 6.58 Å². The highest BCUT2D eigenvalue weighted by Gasteiger charge is 2.16. The van der Waals surface area contributed by atoms with Crippen LogP contribution in [0.5, 0.6) is 11.5 Å². The molecule has 4 rings (SSSR count). The summed E-state index contributed by atoms with van der Waals surface area (Å²) in [5.74, 6) is -0.278. The monoisotopic (exact) mass is 654 g/mol. The van der Waals surface area contributed by atoms with E-state index in [0.717, 1.165) is 25.5 Å². The first-order valence-electron chi connectivity index (χ1n) is 11.9. The van der Waals surface area contributed by atoms with Gasteiger partial charge in [0.05, 0.1) is 22.9 Å². The van der Waals surface area contributed by atoms with E-state index in [4.69, 9.17) is 19.0 Å². The summed E-state index contributed by atoms with van der Waals surface area (Å²) in [6, 6.07) is 15.5. The molecule has 8 nitrogen and oxygen atoms in total. The fraction of sp³-hybridized carbons (Fsp3) is 0.138. The number of carbonyl (C=O) groups is 2. The Morgan fingerprint density at radius 1 is 1.10 bits per heavy atom. The van der Waals surface area contributed by atoms with Crippen LogP contribution in [-0.2, 0) is 13.0 Å². The standard InChI is InChI=1S/C29H24Br2N2O6/c1-3-5-20-10-18(15-32-33-28(34)25-13-21-12-22(30)14-23(31)26(21)39-25)11-24(37-4-2)27(20)38-16-17-6-8-19(9-7-17)29(35)36/h3,6-15H,1,4-5,16H2,2H3,(H,33,34)(H,35,36)/b32-15-. The third kappa shape index (κ3) is 6.96. The minimum Gasteiger partial charge on any atom is -0.490 e. The molecule has 0 fully saturated rings. The largest absolute Gasteiger partial charge is 0.490 e. The molecule has 0 aliphatic heterocycles. The molecule has 2 N–H and O–H groups in total. The lowest BCUT2D eigenvalue weighted by Crippen LogP contribution is -2.16. The highest BCUT2D eigenvalue weighted by Crippen LogP contribution is 2.34. The van der Waals surface area contributed by atoms with Gasteiger partial charge in [0.1, 0.15) is 12.2 Å². The van der Waals surface area contributed by atoms with Crippen LogP contribution in [0.3, 0.4) is 0 Å². The third-order valence-electron chi connectivity index (χ3n) is 5.54. The number of benzene rings is 3. The molecular weight excluding hydrogens is 632 g/mol. The average molecular weight is 656 g/mol. The molecule has 0 atom stereocenters. The molecule has 0 aliphatic carbocycles. The Morgan fingerprint density at radius 2 is 1.87 bits per heavy atom. The second-order valence-electron chi connectivity index (χ2n) is 8.34. The SMILES string of the molecule is C=CCc1cc(/C=N\NC(=O)c2cc3cc(Br)cc(Br)c3o2)cc(OCC)c1OCc1ccc(C(=O)O)cc1. The van der Waals surface area contributed by atoms with Gasteiger partial charge in [-0.25, -0.2) is 10.2 Å². The van der Waals surface area contributed by atoms with E-state index in [2.05, 4.69) is 49.0 Å². The van der Waals surface area contributed by atoms with Crippen LogP contribution in [0.25, 0.3) is 11.0 Å². The van der Waals surface area contributed by atoms with Crippen molar-refractivity contribution >= 4 is 60.9 Å². The molecule has 1 amide bonds. The zero-order valence-electron chi connectivity index (χ0n) is 20.9. The maximum atomic E-state index is 12.6. The van der Waals surface area contributed by atoms with Crippen molar-refractivity contribution in [3.05, 3.63) is 104 Å². The number of halogens is 2. The number of carboxylic acids is 1. The van der Waals surface area contributed by atoms with Gasteiger partial charge in [0, 0.05) is 15.4 Å². The predicted molar refractivity (Wildman–Crippen MR) is 156 cm³/mol. The molecule has 0 spiro atoms. The molecule has 0 bridgehead atoms. The van der Waals surface area contributed by atoms with Gasteiger partial charge >= 0.3 is 11.9 Å². The molecular formula is C29H24Br2N2O6. The summed E-state index contributed by atoms with van der Waals surface area (Å²) in [7, 11) is 0. The number of allylic oxidation sites excluding steroid dienone is 1. The van der Waals surface area contributed by atoms with Gasteiger partial charge in [-0.1, -0.05) is 34.1 Å². The zero-order valence-corrected chi connectivity index (χ0v) is 24.0. The number of fused-ring (bicyclic) bond motifs is 1. The molecule has 0 unspecified atom stereocenters. The number of furan rings is 1. The first-order chi connectivity index (χ1) is 18.8. The third-order valence-corrected chi connectivity index (χ3v) is 6.59. The van der Waals surface area contributed by atoms with Gasteiger partial charge < -0.3 is 19.0 Å². The normalized spacial score (nSPS) is 11.1. The molecule has 1 heterocycles. The molecule has 1 aromatic heterocycles. The number of amides is 1. The number of nitrogens with one attached hydrogen (secondary N) is 1. The van der Waals surface area contributed by atoms with E-state index in [-0.39, 0.29) is 17.9 Å². The van der Waals surface area contributed by atoms with E-state index in [1.807, 2.05) is 25.1 Å². The van der Waals surface area contributed by atoms with Crippen LogP contribution in [0.4, 0.5) is 0 Å². The Hall–Kier alpha value is -3.89. The first-order valence-corrected chi connectivity index (χ1v) is 13.4. The summed E-state index contributed by atoms with van der Waals surface area (Å²) in [5.41, 5.74) is 5.58. The van der Waals surface area contributed by atoms with Crippen molar-refractivity contribution in [1.82, 2.24) is 5.43 Å². The van der Waals surface area contributed by atoms with E-state index < -0.39 is 11.9 Å². The zero-order chi connectivity index (χ0) is 27.9.